The number of benzene rings is 1. The second kappa shape index (κ2) is 11.0. The highest BCUT2D eigenvalue weighted by molar-refractivity contribution is 5.21. The molecule has 0 saturated carbocycles. The quantitative estimate of drug-likeness (QED) is 0.777. The Morgan fingerprint density at radius 3 is 2.21 bits per heavy atom. The highest BCUT2D eigenvalue weighted by Crippen LogP contribution is 2.02. The molecule has 0 aliphatic rings. The molecule has 0 aliphatic carbocycles. The Balaban J connectivity index is 0.00000154. The van der Waals surface area contributed by atoms with Crippen LogP contribution in [0.5, 0.6) is 0 Å². The molecule has 2 heteroatoms. The van der Waals surface area contributed by atoms with Gasteiger partial charge in [-0.05, 0) is 32.3 Å². The molecule has 0 saturated heterocycles. The summed E-state index contributed by atoms with van der Waals surface area (Å²) in [6, 6.07) is 8.80. The van der Waals surface area contributed by atoms with Gasteiger partial charge in [-0.25, -0.2) is 0 Å². The molecule has 19 heavy (non-hydrogen) atoms. The molecular formula is C17H32NO+. The molecule has 0 amide bonds. The second-order valence-corrected chi connectivity index (χ2v) is 5.18. The van der Waals surface area contributed by atoms with Crippen LogP contribution in [0.3, 0.4) is 0 Å². The molecule has 1 rings (SSSR count). The van der Waals surface area contributed by atoms with E-state index >= 15 is 0 Å². The van der Waals surface area contributed by atoms with Crippen LogP contribution >= 0.6 is 0 Å². The molecule has 110 valence electrons. The van der Waals surface area contributed by atoms with Crippen LogP contribution < -0.4 is 4.90 Å². The molecule has 0 aromatic heterocycles. The third-order valence-electron chi connectivity index (χ3n) is 3.19. The molecule has 0 aliphatic heterocycles. The minimum atomic E-state index is -0.153. The SMILES string of the molecule is CC.Cc1ccc(CC[NH+](C)CCCC(C)O)cc1. The van der Waals surface area contributed by atoms with E-state index in [4.69, 9.17) is 0 Å². The Bertz CT molecular complexity index is 306. The summed E-state index contributed by atoms with van der Waals surface area (Å²) in [5, 5.41) is 9.19. The van der Waals surface area contributed by atoms with Gasteiger partial charge in [0.2, 0.25) is 0 Å². The van der Waals surface area contributed by atoms with Crippen molar-refractivity contribution in [1.29, 1.82) is 0 Å². The maximum absolute atomic E-state index is 9.19. The Morgan fingerprint density at radius 1 is 1.11 bits per heavy atom. The van der Waals surface area contributed by atoms with Gasteiger partial charge in [0, 0.05) is 6.42 Å². The standard InChI is InChI=1S/C15H25NO.C2H6/c1-13-6-8-15(9-7-13)10-12-16(3)11-4-5-14(2)17;1-2/h6-9,14,17H,4-5,10-12H2,1-3H3;1-2H3/p+1. The molecule has 0 radical (unpaired) electrons. The van der Waals surface area contributed by atoms with E-state index in [0.29, 0.717) is 0 Å². The van der Waals surface area contributed by atoms with E-state index in [1.165, 1.54) is 17.7 Å². The Hall–Kier alpha value is -0.860. The van der Waals surface area contributed by atoms with E-state index in [-0.39, 0.29) is 6.10 Å². The summed E-state index contributed by atoms with van der Waals surface area (Å²) < 4.78 is 0. The first kappa shape index (κ1) is 18.1. The van der Waals surface area contributed by atoms with Crippen LogP contribution in [0, 0.1) is 6.92 Å². The lowest BCUT2D eigenvalue weighted by molar-refractivity contribution is -0.879. The first-order valence-corrected chi connectivity index (χ1v) is 7.63. The van der Waals surface area contributed by atoms with Crippen LogP contribution in [0.1, 0.15) is 44.7 Å². The predicted octanol–water partition coefficient (Wildman–Crippen LogP) is 2.24. The fourth-order valence-corrected chi connectivity index (χ4v) is 1.94. The van der Waals surface area contributed by atoms with Crippen molar-refractivity contribution >= 4 is 0 Å². The average Bonchev–Trinajstić information content (AvgIpc) is 2.40. The van der Waals surface area contributed by atoms with Gasteiger partial charge in [-0.15, -0.1) is 0 Å². The number of aliphatic hydroxyl groups excluding tert-OH is 1. The first-order chi connectivity index (χ1) is 9.08. The molecule has 2 atom stereocenters. The molecular weight excluding hydrogens is 234 g/mol. The number of aliphatic hydroxyl groups is 1. The highest BCUT2D eigenvalue weighted by atomic mass is 16.3. The number of hydrogen-bond acceptors (Lipinski definition) is 1. The first-order valence-electron chi connectivity index (χ1n) is 7.63. The number of nitrogens with one attached hydrogen (secondary N) is 1. The third-order valence-corrected chi connectivity index (χ3v) is 3.19. The van der Waals surface area contributed by atoms with Gasteiger partial charge in [0.15, 0.2) is 0 Å². The average molecular weight is 266 g/mol. The van der Waals surface area contributed by atoms with E-state index in [9.17, 15) is 5.11 Å². The lowest BCUT2D eigenvalue weighted by Gasteiger charge is -2.14. The van der Waals surface area contributed by atoms with Crippen molar-refractivity contribution in [3.63, 3.8) is 0 Å². The summed E-state index contributed by atoms with van der Waals surface area (Å²) in [6.45, 7) is 10.3. The van der Waals surface area contributed by atoms with Crippen molar-refractivity contribution in [3.8, 4) is 0 Å². The Kier molecular flexibility index (Phi) is 10.5. The molecule has 0 bridgehead atoms. The lowest BCUT2D eigenvalue weighted by Crippen LogP contribution is -3.09. The van der Waals surface area contributed by atoms with Crippen molar-refractivity contribution < 1.29 is 10.0 Å². The molecule has 2 nitrogen and oxygen atoms in total. The summed E-state index contributed by atoms with van der Waals surface area (Å²) in [6.07, 6.45) is 3.01. The van der Waals surface area contributed by atoms with Gasteiger partial charge in [0.1, 0.15) is 0 Å². The van der Waals surface area contributed by atoms with Crippen molar-refractivity contribution in [2.75, 3.05) is 20.1 Å². The minimum Gasteiger partial charge on any atom is -0.393 e. The van der Waals surface area contributed by atoms with Gasteiger partial charge in [-0.3, -0.25) is 0 Å². The molecule has 0 fully saturated rings. The van der Waals surface area contributed by atoms with Gasteiger partial charge in [0.05, 0.1) is 26.2 Å². The number of rotatable bonds is 7. The molecule has 0 heterocycles. The van der Waals surface area contributed by atoms with E-state index in [2.05, 4.69) is 38.2 Å². The second-order valence-electron chi connectivity index (χ2n) is 5.18. The molecule has 1 aromatic rings. The highest BCUT2D eigenvalue weighted by Gasteiger charge is 2.04. The molecule has 2 unspecified atom stereocenters. The summed E-state index contributed by atoms with van der Waals surface area (Å²) in [4.78, 5) is 1.55. The number of likely N-dealkylation sites (N-methyl/N-ethyl adjacent to an activating group) is 1. The van der Waals surface area contributed by atoms with Crippen LogP contribution in [0.2, 0.25) is 0 Å². The maximum atomic E-state index is 9.19. The normalized spacial score (nSPS) is 13.4. The zero-order valence-corrected chi connectivity index (χ0v) is 13.4. The zero-order chi connectivity index (χ0) is 14.7. The molecule has 0 spiro atoms. The molecule has 1 aromatic carbocycles. The smallest absolute Gasteiger partial charge is 0.0809 e. The van der Waals surface area contributed by atoms with Gasteiger partial charge in [-0.2, -0.15) is 0 Å². The topological polar surface area (TPSA) is 24.7 Å². The van der Waals surface area contributed by atoms with Crippen LogP contribution in [-0.2, 0) is 6.42 Å². The van der Waals surface area contributed by atoms with Crippen molar-refractivity contribution in [2.24, 2.45) is 0 Å². The van der Waals surface area contributed by atoms with Crippen molar-refractivity contribution in [1.82, 2.24) is 0 Å². The predicted molar refractivity (Wildman–Crippen MR) is 83.8 cm³/mol. The zero-order valence-electron chi connectivity index (χ0n) is 13.4. The maximum Gasteiger partial charge on any atom is 0.0809 e. The lowest BCUT2D eigenvalue weighted by atomic mass is 10.1. The Labute approximate surface area is 119 Å². The third kappa shape index (κ3) is 9.69. The van der Waals surface area contributed by atoms with Crippen molar-refractivity contribution in [2.45, 2.75) is 53.1 Å². The van der Waals surface area contributed by atoms with Gasteiger partial charge < -0.3 is 10.0 Å². The minimum absolute atomic E-state index is 0.153. The van der Waals surface area contributed by atoms with Crippen molar-refractivity contribution in [3.05, 3.63) is 35.4 Å². The van der Waals surface area contributed by atoms with Gasteiger partial charge in [-0.1, -0.05) is 43.7 Å². The van der Waals surface area contributed by atoms with E-state index in [1.54, 1.807) is 4.90 Å². The monoisotopic (exact) mass is 266 g/mol. The van der Waals surface area contributed by atoms with Gasteiger partial charge in [0.25, 0.3) is 0 Å². The summed E-state index contributed by atoms with van der Waals surface area (Å²) in [5.74, 6) is 0. The van der Waals surface area contributed by atoms with Gasteiger partial charge >= 0.3 is 0 Å². The number of aryl methyl sites for hydroxylation is 1. The number of hydrogen-bond donors (Lipinski definition) is 2. The van der Waals surface area contributed by atoms with Crippen LogP contribution in [-0.4, -0.2) is 31.3 Å². The van der Waals surface area contributed by atoms with E-state index in [1.807, 2.05) is 20.8 Å². The largest absolute Gasteiger partial charge is 0.393 e. The Morgan fingerprint density at radius 2 is 1.68 bits per heavy atom. The fraction of sp³-hybridized carbons (Fsp3) is 0.647. The number of quaternary nitrogens is 1. The van der Waals surface area contributed by atoms with E-state index in [0.717, 1.165) is 25.8 Å². The molecule has 2 N–H and O–H groups in total. The fourth-order valence-electron chi connectivity index (χ4n) is 1.94. The summed E-state index contributed by atoms with van der Waals surface area (Å²) >= 11 is 0. The summed E-state index contributed by atoms with van der Waals surface area (Å²) in [7, 11) is 2.23. The van der Waals surface area contributed by atoms with Crippen LogP contribution in [0.25, 0.3) is 0 Å². The van der Waals surface area contributed by atoms with Crippen LogP contribution in [0.15, 0.2) is 24.3 Å². The summed E-state index contributed by atoms with van der Waals surface area (Å²) in [5.41, 5.74) is 2.75. The van der Waals surface area contributed by atoms with Crippen LogP contribution in [0.4, 0.5) is 0 Å². The van der Waals surface area contributed by atoms with E-state index < -0.39 is 0 Å².